The summed E-state index contributed by atoms with van der Waals surface area (Å²) in [5, 5.41) is 15.6. The Kier molecular flexibility index (Phi) is 5.33. The zero-order valence-corrected chi connectivity index (χ0v) is 15.8. The van der Waals surface area contributed by atoms with Gasteiger partial charge in [0.2, 0.25) is 5.88 Å². The molecule has 0 spiro atoms. The fourth-order valence-electron chi connectivity index (χ4n) is 2.80. The molecule has 0 aliphatic rings. The number of methoxy groups -OCH3 is 1. The lowest BCUT2D eigenvalue weighted by molar-refractivity contribution is 0.0946. The summed E-state index contributed by atoms with van der Waals surface area (Å²) < 4.78 is 12.5. The predicted octanol–water partition coefficient (Wildman–Crippen LogP) is 2.61. The van der Waals surface area contributed by atoms with Gasteiger partial charge in [-0.15, -0.1) is 15.3 Å². The van der Waals surface area contributed by atoms with Crippen molar-refractivity contribution in [2.24, 2.45) is 0 Å². The first-order valence-electron chi connectivity index (χ1n) is 9.07. The molecule has 2 aromatic heterocycles. The molecule has 1 N–H and O–H groups in total. The molecule has 0 bridgehead atoms. The van der Waals surface area contributed by atoms with Gasteiger partial charge in [0.05, 0.1) is 13.7 Å². The van der Waals surface area contributed by atoms with Crippen LogP contribution in [0.1, 0.15) is 10.4 Å². The molecule has 8 nitrogen and oxygen atoms in total. The van der Waals surface area contributed by atoms with Crippen LogP contribution in [-0.2, 0) is 0 Å². The standard InChI is InChI=1S/C21H19N5O3/c1-28-17-9-5-8-16(14-17)21(27)22-12-13-29-19-11-10-18-23-24-20(26(18)25-19)15-6-3-2-4-7-15/h2-11,14H,12-13H2,1H3,(H,22,27). The lowest BCUT2D eigenvalue weighted by Gasteiger charge is -2.08. The molecule has 0 aliphatic heterocycles. The van der Waals surface area contributed by atoms with E-state index in [1.807, 2.05) is 30.3 Å². The third kappa shape index (κ3) is 4.16. The average molecular weight is 389 g/mol. The van der Waals surface area contributed by atoms with Crippen LogP contribution in [0.3, 0.4) is 0 Å². The number of amides is 1. The Bertz CT molecular complexity index is 1130. The van der Waals surface area contributed by atoms with Gasteiger partial charge in [-0.25, -0.2) is 0 Å². The first-order valence-corrected chi connectivity index (χ1v) is 9.07. The molecule has 146 valence electrons. The van der Waals surface area contributed by atoms with Crippen molar-refractivity contribution < 1.29 is 14.3 Å². The molecule has 8 heteroatoms. The summed E-state index contributed by atoms with van der Waals surface area (Å²) in [5.74, 6) is 1.50. The minimum atomic E-state index is -0.193. The van der Waals surface area contributed by atoms with Crippen LogP contribution in [0, 0.1) is 0 Å². The summed E-state index contributed by atoms with van der Waals surface area (Å²) in [6.07, 6.45) is 0. The molecule has 0 aliphatic carbocycles. The fourth-order valence-corrected chi connectivity index (χ4v) is 2.80. The van der Waals surface area contributed by atoms with Gasteiger partial charge in [-0.3, -0.25) is 4.79 Å². The number of nitrogens with zero attached hydrogens (tertiary/aromatic N) is 4. The highest BCUT2D eigenvalue weighted by molar-refractivity contribution is 5.94. The Morgan fingerprint density at radius 2 is 1.90 bits per heavy atom. The summed E-state index contributed by atoms with van der Waals surface area (Å²) in [5.41, 5.74) is 2.07. The van der Waals surface area contributed by atoms with E-state index in [1.165, 1.54) is 0 Å². The van der Waals surface area contributed by atoms with Crippen LogP contribution in [0.25, 0.3) is 17.0 Å². The Morgan fingerprint density at radius 3 is 2.72 bits per heavy atom. The smallest absolute Gasteiger partial charge is 0.251 e. The van der Waals surface area contributed by atoms with Gasteiger partial charge in [-0.05, 0) is 24.3 Å². The average Bonchev–Trinajstić information content (AvgIpc) is 3.20. The highest BCUT2D eigenvalue weighted by atomic mass is 16.5. The number of fused-ring (bicyclic) bond motifs is 1. The maximum absolute atomic E-state index is 12.2. The Balaban J connectivity index is 1.38. The minimum absolute atomic E-state index is 0.193. The number of hydrogen-bond acceptors (Lipinski definition) is 6. The van der Waals surface area contributed by atoms with E-state index in [2.05, 4.69) is 20.6 Å². The summed E-state index contributed by atoms with van der Waals surface area (Å²) in [6.45, 7) is 0.612. The van der Waals surface area contributed by atoms with E-state index in [0.29, 0.717) is 35.2 Å². The summed E-state index contributed by atoms with van der Waals surface area (Å²) >= 11 is 0. The van der Waals surface area contributed by atoms with Crippen molar-refractivity contribution in [3.05, 3.63) is 72.3 Å². The number of carbonyl (C=O) groups excluding carboxylic acids is 1. The van der Waals surface area contributed by atoms with E-state index in [-0.39, 0.29) is 12.5 Å². The highest BCUT2D eigenvalue weighted by Gasteiger charge is 2.10. The second-order valence-electron chi connectivity index (χ2n) is 6.17. The Morgan fingerprint density at radius 1 is 1.03 bits per heavy atom. The van der Waals surface area contributed by atoms with Crippen LogP contribution in [-0.4, -0.2) is 46.0 Å². The third-order valence-corrected chi connectivity index (χ3v) is 4.24. The minimum Gasteiger partial charge on any atom is -0.497 e. The molecular weight excluding hydrogens is 370 g/mol. The monoisotopic (exact) mass is 389 g/mol. The van der Waals surface area contributed by atoms with Crippen LogP contribution >= 0.6 is 0 Å². The van der Waals surface area contributed by atoms with Gasteiger partial charge >= 0.3 is 0 Å². The molecular formula is C21H19N5O3. The summed E-state index contributed by atoms with van der Waals surface area (Å²) in [7, 11) is 1.56. The summed E-state index contributed by atoms with van der Waals surface area (Å²) in [4.78, 5) is 12.2. The quantitative estimate of drug-likeness (QED) is 0.489. The fraction of sp³-hybridized carbons (Fsp3) is 0.143. The van der Waals surface area contributed by atoms with Gasteiger partial charge < -0.3 is 14.8 Å². The SMILES string of the molecule is COc1cccc(C(=O)NCCOc2ccc3nnc(-c4ccccc4)n3n2)c1. The number of hydrogen-bond donors (Lipinski definition) is 1. The van der Waals surface area contributed by atoms with E-state index < -0.39 is 0 Å². The van der Waals surface area contributed by atoms with Gasteiger partial charge in [-0.1, -0.05) is 36.4 Å². The lowest BCUT2D eigenvalue weighted by Crippen LogP contribution is -2.28. The number of ether oxygens (including phenoxy) is 2. The van der Waals surface area contributed by atoms with Crippen molar-refractivity contribution in [3.63, 3.8) is 0 Å². The third-order valence-electron chi connectivity index (χ3n) is 4.24. The molecule has 0 fully saturated rings. The lowest BCUT2D eigenvalue weighted by atomic mass is 10.2. The van der Waals surface area contributed by atoms with Gasteiger partial charge in [0.25, 0.3) is 5.91 Å². The van der Waals surface area contributed by atoms with Gasteiger partial charge in [0.1, 0.15) is 12.4 Å². The molecule has 0 unspecified atom stereocenters. The number of aromatic nitrogens is 4. The van der Waals surface area contributed by atoms with Crippen LogP contribution in [0.2, 0.25) is 0 Å². The van der Waals surface area contributed by atoms with Gasteiger partial charge in [0, 0.05) is 17.2 Å². The number of carbonyl (C=O) groups is 1. The first kappa shape index (κ1) is 18.4. The molecule has 2 aromatic carbocycles. The molecule has 2 heterocycles. The molecule has 0 saturated heterocycles. The van der Waals surface area contributed by atoms with E-state index in [0.717, 1.165) is 5.56 Å². The van der Waals surface area contributed by atoms with Crippen molar-refractivity contribution in [3.8, 4) is 23.0 Å². The number of nitrogens with one attached hydrogen (secondary N) is 1. The van der Waals surface area contributed by atoms with Crippen LogP contribution in [0.5, 0.6) is 11.6 Å². The molecule has 4 rings (SSSR count). The Hall–Kier alpha value is -3.94. The van der Waals surface area contributed by atoms with Gasteiger partial charge in [0.15, 0.2) is 11.5 Å². The van der Waals surface area contributed by atoms with E-state index in [9.17, 15) is 4.79 Å². The van der Waals surface area contributed by atoms with Crippen molar-refractivity contribution in [2.45, 2.75) is 0 Å². The normalized spacial score (nSPS) is 10.7. The van der Waals surface area contributed by atoms with Crippen molar-refractivity contribution in [2.75, 3.05) is 20.3 Å². The van der Waals surface area contributed by atoms with Crippen LogP contribution in [0.15, 0.2) is 66.7 Å². The molecule has 4 aromatic rings. The number of rotatable bonds is 7. The summed E-state index contributed by atoms with van der Waals surface area (Å²) in [6, 6.07) is 20.2. The molecule has 0 saturated carbocycles. The molecule has 29 heavy (non-hydrogen) atoms. The second-order valence-corrected chi connectivity index (χ2v) is 6.17. The van der Waals surface area contributed by atoms with E-state index >= 15 is 0 Å². The van der Waals surface area contributed by atoms with Crippen molar-refractivity contribution in [1.29, 1.82) is 0 Å². The van der Waals surface area contributed by atoms with Crippen molar-refractivity contribution >= 4 is 11.6 Å². The molecule has 0 radical (unpaired) electrons. The number of benzene rings is 2. The molecule has 0 atom stereocenters. The highest BCUT2D eigenvalue weighted by Crippen LogP contribution is 2.18. The largest absolute Gasteiger partial charge is 0.497 e. The Labute approximate surface area is 167 Å². The zero-order chi connectivity index (χ0) is 20.1. The maximum atomic E-state index is 12.2. The zero-order valence-electron chi connectivity index (χ0n) is 15.8. The van der Waals surface area contributed by atoms with E-state index in [4.69, 9.17) is 9.47 Å². The van der Waals surface area contributed by atoms with Crippen molar-refractivity contribution in [1.82, 2.24) is 25.1 Å². The maximum Gasteiger partial charge on any atom is 0.251 e. The predicted molar refractivity (Wildman–Crippen MR) is 107 cm³/mol. The van der Waals surface area contributed by atoms with Crippen LogP contribution < -0.4 is 14.8 Å². The van der Waals surface area contributed by atoms with Crippen LogP contribution in [0.4, 0.5) is 0 Å². The van der Waals surface area contributed by atoms with Gasteiger partial charge in [-0.2, -0.15) is 4.52 Å². The molecule has 1 amide bonds. The topological polar surface area (TPSA) is 90.6 Å². The van der Waals surface area contributed by atoms with E-state index in [1.54, 1.807) is 48.0 Å². The second kappa shape index (κ2) is 8.39. The first-order chi connectivity index (χ1) is 14.2.